The lowest BCUT2D eigenvalue weighted by Gasteiger charge is -2.34. The van der Waals surface area contributed by atoms with Gasteiger partial charge in [0.15, 0.2) is 11.5 Å². The highest BCUT2D eigenvalue weighted by Gasteiger charge is 2.27. The van der Waals surface area contributed by atoms with Gasteiger partial charge in [-0.1, -0.05) is 0 Å². The maximum atomic E-state index is 12.8. The standard InChI is InChI=1S/C16H21IN2O5/c1-4-24-16(21)19-7-5-18(6-8-19)15(20)11-9-13(22-2)14(23-3)10-12(11)17/h9-10H,4-8H2,1-3H3. The summed E-state index contributed by atoms with van der Waals surface area (Å²) in [6.07, 6.45) is -0.328. The molecule has 8 heteroatoms. The van der Waals surface area contributed by atoms with E-state index in [9.17, 15) is 9.59 Å². The molecule has 0 spiro atoms. The van der Waals surface area contributed by atoms with E-state index in [1.54, 1.807) is 36.0 Å². The smallest absolute Gasteiger partial charge is 0.409 e. The van der Waals surface area contributed by atoms with Gasteiger partial charge in [0, 0.05) is 29.7 Å². The summed E-state index contributed by atoms with van der Waals surface area (Å²) in [4.78, 5) is 27.9. The molecule has 0 bridgehead atoms. The van der Waals surface area contributed by atoms with Gasteiger partial charge in [0.2, 0.25) is 0 Å². The predicted molar refractivity (Wildman–Crippen MR) is 96.8 cm³/mol. The first-order valence-corrected chi connectivity index (χ1v) is 8.72. The molecule has 1 aromatic rings. The fourth-order valence-corrected chi connectivity index (χ4v) is 3.16. The maximum Gasteiger partial charge on any atom is 0.409 e. The van der Waals surface area contributed by atoms with Gasteiger partial charge in [0.1, 0.15) is 0 Å². The Labute approximate surface area is 155 Å². The van der Waals surface area contributed by atoms with Crippen LogP contribution in [0.2, 0.25) is 0 Å². The third-order valence-electron chi connectivity index (χ3n) is 3.80. The Bertz CT molecular complexity index is 615. The first kappa shape index (κ1) is 18.6. The molecule has 0 radical (unpaired) electrons. The molecular weight excluding hydrogens is 427 g/mol. The number of nitrogens with zero attached hydrogens (tertiary/aromatic N) is 2. The minimum Gasteiger partial charge on any atom is -0.493 e. The predicted octanol–water partition coefficient (Wildman–Crippen LogP) is 2.22. The van der Waals surface area contributed by atoms with Crippen molar-refractivity contribution in [3.05, 3.63) is 21.3 Å². The summed E-state index contributed by atoms with van der Waals surface area (Å²) >= 11 is 2.11. The number of carbonyl (C=O) groups is 2. The van der Waals surface area contributed by atoms with Crippen LogP contribution in [-0.4, -0.2) is 68.8 Å². The average Bonchev–Trinajstić information content (AvgIpc) is 2.61. The van der Waals surface area contributed by atoms with Crippen LogP contribution in [0.3, 0.4) is 0 Å². The number of benzene rings is 1. The van der Waals surface area contributed by atoms with Crippen molar-refractivity contribution in [3.63, 3.8) is 0 Å². The number of halogens is 1. The molecule has 0 atom stereocenters. The highest BCUT2D eigenvalue weighted by molar-refractivity contribution is 14.1. The summed E-state index contributed by atoms with van der Waals surface area (Å²) in [7, 11) is 3.10. The van der Waals surface area contributed by atoms with Crippen LogP contribution in [0.4, 0.5) is 4.79 Å². The number of amides is 2. The Morgan fingerprint density at radius 1 is 1.04 bits per heavy atom. The van der Waals surface area contributed by atoms with Crippen molar-refractivity contribution >= 4 is 34.6 Å². The number of rotatable bonds is 4. The van der Waals surface area contributed by atoms with Crippen molar-refractivity contribution in [2.45, 2.75) is 6.92 Å². The molecule has 7 nitrogen and oxygen atoms in total. The van der Waals surface area contributed by atoms with Crippen molar-refractivity contribution in [3.8, 4) is 11.5 Å². The summed E-state index contributed by atoms with van der Waals surface area (Å²) in [5, 5.41) is 0. The van der Waals surface area contributed by atoms with Crippen LogP contribution in [0.5, 0.6) is 11.5 Å². The van der Waals surface area contributed by atoms with Crippen LogP contribution in [0.1, 0.15) is 17.3 Å². The van der Waals surface area contributed by atoms with E-state index >= 15 is 0 Å². The molecular formula is C16H21IN2O5. The monoisotopic (exact) mass is 448 g/mol. The molecule has 24 heavy (non-hydrogen) atoms. The number of methoxy groups -OCH3 is 2. The van der Waals surface area contributed by atoms with Gasteiger partial charge in [-0.15, -0.1) is 0 Å². The lowest BCUT2D eigenvalue weighted by Crippen LogP contribution is -2.50. The molecule has 2 rings (SSSR count). The Balaban J connectivity index is 2.09. The van der Waals surface area contributed by atoms with Gasteiger partial charge in [0.25, 0.3) is 5.91 Å². The van der Waals surface area contributed by atoms with Crippen LogP contribution in [0, 0.1) is 3.57 Å². The number of hydrogen-bond donors (Lipinski definition) is 0. The molecule has 0 aliphatic carbocycles. The maximum absolute atomic E-state index is 12.8. The molecule has 132 valence electrons. The Morgan fingerprint density at radius 2 is 1.58 bits per heavy atom. The van der Waals surface area contributed by atoms with Crippen molar-refractivity contribution in [2.24, 2.45) is 0 Å². The van der Waals surface area contributed by atoms with Gasteiger partial charge in [-0.25, -0.2) is 4.79 Å². The normalized spacial score (nSPS) is 14.3. The van der Waals surface area contributed by atoms with E-state index < -0.39 is 0 Å². The molecule has 0 N–H and O–H groups in total. The molecule has 0 saturated carbocycles. The second-order valence-corrected chi connectivity index (χ2v) is 6.33. The van der Waals surface area contributed by atoms with Crippen molar-refractivity contribution in [1.82, 2.24) is 9.80 Å². The van der Waals surface area contributed by atoms with Crippen molar-refractivity contribution in [1.29, 1.82) is 0 Å². The molecule has 1 aliphatic rings. The Morgan fingerprint density at radius 3 is 2.12 bits per heavy atom. The molecule has 1 fully saturated rings. The van der Waals surface area contributed by atoms with E-state index in [1.165, 1.54) is 7.11 Å². The summed E-state index contributed by atoms with van der Waals surface area (Å²) in [6.45, 7) is 4.01. The fourth-order valence-electron chi connectivity index (χ4n) is 2.50. The van der Waals surface area contributed by atoms with Crippen LogP contribution in [0.15, 0.2) is 12.1 Å². The molecule has 1 aliphatic heterocycles. The van der Waals surface area contributed by atoms with Gasteiger partial charge in [0.05, 0.1) is 26.4 Å². The minimum atomic E-state index is -0.328. The third kappa shape index (κ3) is 4.03. The molecule has 0 unspecified atom stereocenters. The molecule has 2 amide bonds. The number of hydrogen-bond acceptors (Lipinski definition) is 5. The zero-order valence-electron chi connectivity index (χ0n) is 14.0. The van der Waals surface area contributed by atoms with Crippen molar-refractivity contribution in [2.75, 3.05) is 47.0 Å². The topological polar surface area (TPSA) is 68.3 Å². The second kappa shape index (κ2) is 8.41. The van der Waals surface area contributed by atoms with E-state index in [0.29, 0.717) is 49.8 Å². The number of carbonyl (C=O) groups excluding carboxylic acids is 2. The van der Waals surface area contributed by atoms with Crippen LogP contribution in [0.25, 0.3) is 0 Å². The Hall–Kier alpha value is -1.71. The molecule has 1 heterocycles. The fraction of sp³-hybridized carbons (Fsp3) is 0.500. The lowest BCUT2D eigenvalue weighted by molar-refractivity contribution is 0.0569. The Kier molecular flexibility index (Phi) is 6.52. The van der Waals surface area contributed by atoms with E-state index in [1.807, 2.05) is 0 Å². The van der Waals surface area contributed by atoms with Gasteiger partial charge < -0.3 is 24.0 Å². The summed E-state index contributed by atoms with van der Waals surface area (Å²) in [6, 6.07) is 3.47. The van der Waals surface area contributed by atoms with Crippen LogP contribution in [-0.2, 0) is 4.74 Å². The quantitative estimate of drug-likeness (QED) is 0.662. The molecule has 1 aromatic carbocycles. The van der Waals surface area contributed by atoms with E-state index in [-0.39, 0.29) is 12.0 Å². The second-order valence-electron chi connectivity index (χ2n) is 5.17. The highest BCUT2D eigenvalue weighted by atomic mass is 127. The number of piperazine rings is 1. The summed E-state index contributed by atoms with van der Waals surface area (Å²) in [5.74, 6) is 1.03. The first-order chi connectivity index (χ1) is 11.5. The van der Waals surface area contributed by atoms with Crippen molar-refractivity contribution < 1.29 is 23.8 Å². The minimum absolute atomic E-state index is 0.0798. The van der Waals surface area contributed by atoms with Gasteiger partial charge in [-0.2, -0.15) is 0 Å². The molecule has 0 aromatic heterocycles. The average molecular weight is 448 g/mol. The van der Waals surface area contributed by atoms with Crippen LogP contribution >= 0.6 is 22.6 Å². The van der Waals surface area contributed by atoms with Gasteiger partial charge in [-0.05, 0) is 41.6 Å². The first-order valence-electron chi connectivity index (χ1n) is 7.64. The molecule has 1 saturated heterocycles. The third-order valence-corrected chi connectivity index (χ3v) is 4.69. The van der Waals surface area contributed by atoms with E-state index in [0.717, 1.165) is 3.57 Å². The highest BCUT2D eigenvalue weighted by Crippen LogP contribution is 2.32. The largest absolute Gasteiger partial charge is 0.493 e. The zero-order chi connectivity index (χ0) is 17.7. The zero-order valence-corrected chi connectivity index (χ0v) is 16.2. The van der Waals surface area contributed by atoms with Crippen LogP contribution < -0.4 is 9.47 Å². The van der Waals surface area contributed by atoms with Gasteiger partial charge >= 0.3 is 6.09 Å². The van der Waals surface area contributed by atoms with E-state index in [4.69, 9.17) is 14.2 Å². The SMILES string of the molecule is CCOC(=O)N1CCN(C(=O)c2cc(OC)c(OC)cc2I)CC1. The summed E-state index contributed by atoms with van der Waals surface area (Å²) < 4.78 is 16.3. The van der Waals surface area contributed by atoms with E-state index in [2.05, 4.69) is 22.6 Å². The lowest BCUT2D eigenvalue weighted by atomic mass is 10.1. The number of ether oxygens (including phenoxy) is 3. The van der Waals surface area contributed by atoms with Gasteiger partial charge in [-0.3, -0.25) is 4.79 Å². The summed E-state index contributed by atoms with van der Waals surface area (Å²) in [5.41, 5.74) is 0.567.